The number of hydrogen-bond donors (Lipinski definition) is 1. The van der Waals surface area contributed by atoms with Crippen LogP contribution < -0.4 is 10.6 Å². The van der Waals surface area contributed by atoms with Crippen molar-refractivity contribution in [1.29, 1.82) is 0 Å². The van der Waals surface area contributed by atoms with Gasteiger partial charge in [-0.15, -0.1) is 11.8 Å². The number of amides is 1. The predicted molar refractivity (Wildman–Crippen MR) is 96.3 cm³/mol. The van der Waals surface area contributed by atoms with E-state index in [1.165, 1.54) is 5.56 Å². The first-order chi connectivity index (χ1) is 10.2. The highest BCUT2D eigenvalue weighted by Gasteiger charge is 2.24. The first-order valence-corrected chi connectivity index (χ1v) is 9.16. The molecular weight excluding hydrogens is 280 g/mol. The summed E-state index contributed by atoms with van der Waals surface area (Å²) >= 11 is 1.65. The van der Waals surface area contributed by atoms with Crippen molar-refractivity contribution in [2.24, 2.45) is 0 Å². The summed E-state index contributed by atoms with van der Waals surface area (Å²) < 4.78 is 0. The lowest BCUT2D eigenvalue weighted by atomic mass is 10.1. The smallest absolute Gasteiger partial charge is 0.226 e. The fourth-order valence-corrected chi connectivity index (χ4v) is 2.77. The number of nitrogen functional groups attached to an aromatic ring is 1. The lowest BCUT2D eigenvalue weighted by Gasteiger charge is -2.18. The maximum absolute atomic E-state index is 12.0. The molecule has 1 aliphatic heterocycles. The monoisotopic (exact) mass is 310 g/mol. The van der Waals surface area contributed by atoms with Crippen LogP contribution in [0.15, 0.2) is 17.0 Å². The molecule has 0 spiro atoms. The summed E-state index contributed by atoms with van der Waals surface area (Å²) in [6.07, 6.45) is 4.47. The fourth-order valence-electron chi connectivity index (χ4n) is 2.22. The van der Waals surface area contributed by atoms with Crippen molar-refractivity contribution in [3.8, 4) is 0 Å². The van der Waals surface area contributed by atoms with Gasteiger partial charge in [-0.2, -0.15) is 0 Å². The number of thioether (sulfide) groups is 1. The van der Waals surface area contributed by atoms with Gasteiger partial charge in [-0.05, 0) is 36.8 Å². The number of nitrogens with zero attached hydrogens (tertiary/aromatic N) is 1. The van der Waals surface area contributed by atoms with Gasteiger partial charge in [-0.25, -0.2) is 0 Å². The lowest BCUT2D eigenvalue weighted by molar-refractivity contribution is -0.118. The van der Waals surface area contributed by atoms with Crippen LogP contribution in [0, 0.1) is 0 Å². The quantitative estimate of drug-likeness (QED) is 0.648. The highest BCUT2D eigenvalue weighted by atomic mass is 32.2. The van der Waals surface area contributed by atoms with Gasteiger partial charge in [0.25, 0.3) is 0 Å². The zero-order valence-corrected chi connectivity index (χ0v) is 15.1. The van der Waals surface area contributed by atoms with E-state index < -0.39 is 0 Å². The van der Waals surface area contributed by atoms with Crippen molar-refractivity contribution < 1.29 is 4.79 Å². The van der Waals surface area contributed by atoms with Crippen molar-refractivity contribution in [1.82, 2.24) is 0 Å². The highest BCUT2D eigenvalue weighted by Crippen LogP contribution is 2.35. The van der Waals surface area contributed by atoms with Gasteiger partial charge in [-0.3, -0.25) is 4.79 Å². The van der Waals surface area contributed by atoms with E-state index in [0.717, 1.165) is 35.7 Å². The molecule has 4 heteroatoms. The van der Waals surface area contributed by atoms with Gasteiger partial charge < -0.3 is 10.6 Å². The largest absolute Gasteiger partial charge is 0.398 e. The molecule has 120 valence electrons. The van der Waals surface area contributed by atoms with Crippen LogP contribution in [0.5, 0.6) is 0 Å². The zero-order valence-electron chi connectivity index (χ0n) is 14.3. The molecule has 2 rings (SSSR count). The van der Waals surface area contributed by atoms with E-state index >= 15 is 0 Å². The van der Waals surface area contributed by atoms with Gasteiger partial charge in [0, 0.05) is 29.2 Å². The van der Waals surface area contributed by atoms with Crippen LogP contribution in [0.4, 0.5) is 11.4 Å². The fraction of sp³-hybridized carbons (Fsp3) is 0.588. The van der Waals surface area contributed by atoms with E-state index in [0.29, 0.717) is 6.42 Å². The Morgan fingerprint density at radius 1 is 1.29 bits per heavy atom. The van der Waals surface area contributed by atoms with Crippen LogP contribution in [0.25, 0.3) is 0 Å². The molecule has 3 nitrogen and oxygen atoms in total. The summed E-state index contributed by atoms with van der Waals surface area (Å²) in [7, 11) is 0. The molecule has 0 unspecified atom stereocenters. The first-order valence-electron chi connectivity index (χ1n) is 7.94. The summed E-state index contributed by atoms with van der Waals surface area (Å²) in [5, 5.41) is 0. The van der Waals surface area contributed by atoms with Crippen LogP contribution in [-0.4, -0.2) is 18.7 Å². The number of carbonyl (C=O) groups excluding carboxylic acids is 1. The lowest BCUT2D eigenvalue weighted by Crippen LogP contribution is -2.28. The second-order valence-electron chi connectivity index (χ2n) is 4.27. The molecule has 0 saturated heterocycles. The van der Waals surface area contributed by atoms with Gasteiger partial charge >= 0.3 is 0 Å². The first kappa shape index (κ1) is 19.8. The molecule has 0 aliphatic carbocycles. The van der Waals surface area contributed by atoms with E-state index in [1.807, 2.05) is 51.8 Å². The molecule has 2 N–H and O–H groups in total. The summed E-state index contributed by atoms with van der Waals surface area (Å²) in [6.45, 7) is 10.8. The van der Waals surface area contributed by atoms with Crippen LogP contribution >= 0.6 is 11.8 Å². The summed E-state index contributed by atoms with van der Waals surface area (Å²) in [4.78, 5) is 14.9. The van der Waals surface area contributed by atoms with Crippen molar-refractivity contribution in [3.63, 3.8) is 0 Å². The standard InChI is InChI=1S/C13H18N2OS.2C2H6/c1-3-4-13(16)15-6-5-9-7-12(17-2)10(14)8-11(9)15;2*1-2/h7-8H,3-6,14H2,1-2H3;2*1-2H3. The molecule has 0 aromatic heterocycles. The van der Waals surface area contributed by atoms with Crippen molar-refractivity contribution in [2.45, 2.75) is 58.8 Å². The number of hydrogen-bond acceptors (Lipinski definition) is 3. The minimum Gasteiger partial charge on any atom is -0.398 e. The van der Waals surface area contributed by atoms with Crippen molar-refractivity contribution in [3.05, 3.63) is 17.7 Å². The summed E-state index contributed by atoms with van der Waals surface area (Å²) in [5.74, 6) is 0.211. The molecule has 1 aromatic rings. The Morgan fingerprint density at radius 2 is 1.90 bits per heavy atom. The molecule has 0 fully saturated rings. The van der Waals surface area contributed by atoms with Gasteiger partial charge in [0.2, 0.25) is 5.91 Å². The van der Waals surface area contributed by atoms with E-state index in [-0.39, 0.29) is 5.91 Å². The Balaban J connectivity index is 0.000000921. The Labute approximate surface area is 134 Å². The topological polar surface area (TPSA) is 46.3 Å². The average molecular weight is 311 g/mol. The van der Waals surface area contributed by atoms with Crippen LogP contribution in [0.1, 0.15) is 53.0 Å². The molecule has 1 heterocycles. The number of anilines is 2. The third-order valence-corrected chi connectivity index (χ3v) is 3.88. The molecule has 1 aromatic carbocycles. The van der Waals surface area contributed by atoms with Gasteiger partial charge in [-0.1, -0.05) is 34.6 Å². The molecule has 0 radical (unpaired) electrons. The Hall–Kier alpha value is -1.16. The third-order valence-electron chi connectivity index (χ3n) is 3.09. The van der Waals surface area contributed by atoms with Crippen LogP contribution in [0.2, 0.25) is 0 Å². The molecule has 0 atom stereocenters. The predicted octanol–water partition coefficient (Wildman–Crippen LogP) is 4.73. The van der Waals surface area contributed by atoms with Gasteiger partial charge in [0.1, 0.15) is 0 Å². The maximum Gasteiger partial charge on any atom is 0.226 e. The van der Waals surface area contributed by atoms with Crippen LogP contribution in [-0.2, 0) is 11.2 Å². The Morgan fingerprint density at radius 3 is 2.43 bits per heavy atom. The summed E-state index contributed by atoms with van der Waals surface area (Å²) in [6, 6.07) is 4.07. The molecule has 1 amide bonds. The van der Waals surface area contributed by atoms with E-state index in [4.69, 9.17) is 5.73 Å². The zero-order chi connectivity index (χ0) is 16.4. The van der Waals surface area contributed by atoms with E-state index in [1.54, 1.807) is 11.8 Å². The molecular formula is C17H30N2OS. The molecule has 21 heavy (non-hydrogen) atoms. The normalized spacial score (nSPS) is 11.8. The SMILES string of the molecule is CC.CC.CCCC(=O)N1CCc2cc(SC)c(N)cc21. The van der Waals surface area contributed by atoms with Crippen molar-refractivity contribution >= 4 is 29.0 Å². The van der Waals surface area contributed by atoms with Gasteiger partial charge in [0.05, 0.1) is 0 Å². The minimum absolute atomic E-state index is 0.211. The average Bonchev–Trinajstić information content (AvgIpc) is 2.93. The number of benzene rings is 1. The second-order valence-corrected chi connectivity index (χ2v) is 5.12. The minimum atomic E-state index is 0.211. The number of rotatable bonds is 3. The Bertz CT molecular complexity index is 447. The highest BCUT2D eigenvalue weighted by molar-refractivity contribution is 7.98. The van der Waals surface area contributed by atoms with E-state index in [2.05, 4.69) is 6.07 Å². The Kier molecular flexibility index (Phi) is 9.97. The number of nitrogens with two attached hydrogens (primary N) is 1. The molecule has 0 bridgehead atoms. The van der Waals surface area contributed by atoms with Crippen LogP contribution in [0.3, 0.4) is 0 Å². The summed E-state index contributed by atoms with van der Waals surface area (Å²) in [5.41, 5.74) is 9.01. The van der Waals surface area contributed by atoms with Gasteiger partial charge in [0.15, 0.2) is 0 Å². The number of carbonyl (C=O) groups is 1. The van der Waals surface area contributed by atoms with E-state index in [9.17, 15) is 4.79 Å². The second kappa shape index (κ2) is 10.6. The van der Waals surface area contributed by atoms with Crippen molar-refractivity contribution in [2.75, 3.05) is 23.4 Å². The number of fused-ring (bicyclic) bond motifs is 1. The molecule has 0 saturated carbocycles. The molecule has 1 aliphatic rings. The third kappa shape index (κ3) is 4.95. The maximum atomic E-state index is 12.0.